The van der Waals surface area contributed by atoms with E-state index in [2.05, 4.69) is 48.0 Å². The van der Waals surface area contributed by atoms with Gasteiger partial charge >= 0.3 is 0 Å². The van der Waals surface area contributed by atoms with Crippen molar-refractivity contribution in [1.29, 1.82) is 0 Å². The fourth-order valence-corrected chi connectivity index (χ4v) is 2.05. The van der Waals surface area contributed by atoms with Gasteiger partial charge in [-0.05, 0) is 23.9 Å². The van der Waals surface area contributed by atoms with Crippen molar-refractivity contribution in [3.63, 3.8) is 0 Å². The molecule has 0 spiro atoms. The number of rotatable bonds is 2. The minimum Gasteiger partial charge on any atom is -0.329 e. The molecule has 0 fully saturated rings. The van der Waals surface area contributed by atoms with E-state index in [1.807, 2.05) is 6.26 Å². The van der Waals surface area contributed by atoms with Gasteiger partial charge in [0.15, 0.2) is 0 Å². The highest BCUT2D eigenvalue weighted by molar-refractivity contribution is 7.99. The van der Waals surface area contributed by atoms with Gasteiger partial charge in [0.2, 0.25) is 0 Å². The number of aryl methyl sites for hydroxylation is 1. The van der Waals surface area contributed by atoms with E-state index in [-0.39, 0.29) is 0 Å². The summed E-state index contributed by atoms with van der Waals surface area (Å²) in [4.78, 5) is 0. The normalized spacial score (nSPS) is 10.4. The number of hydrogen-bond acceptors (Lipinski definition) is 2. The van der Waals surface area contributed by atoms with Gasteiger partial charge in [0.25, 0.3) is 0 Å². The molecular formula is C12H13NS. The van der Waals surface area contributed by atoms with Crippen LogP contribution in [-0.2, 0) is 0 Å². The van der Waals surface area contributed by atoms with E-state index in [9.17, 15) is 0 Å². The summed E-state index contributed by atoms with van der Waals surface area (Å²) in [5.41, 5.74) is 2.52. The van der Waals surface area contributed by atoms with E-state index in [1.165, 1.54) is 22.0 Å². The van der Waals surface area contributed by atoms with Crippen LogP contribution < -0.4 is 4.72 Å². The van der Waals surface area contributed by atoms with E-state index in [0.717, 1.165) is 0 Å². The molecule has 0 unspecified atom stereocenters. The number of fused-ring (bicyclic) bond motifs is 1. The van der Waals surface area contributed by atoms with Gasteiger partial charge in [-0.3, -0.25) is 0 Å². The van der Waals surface area contributed by atoms with Gasteiger partial charge in [-0.2, -0.15) is 0 Å². The summed E-state index contributed by atoms with van der Waals surface area (Å²) in [6, 6.07) is 12.8. The Balaban J connectivity index is 2.68. The molecule has 1 nitrogen and oxygen atoms in total. The molecular weight excluding hydrogens is 190 g/mol. The van der Waals surface area contributed by atoms with E-state index in [1.54, 1.807) is 11.9 Å². The molecule has 0 bridgehead atoms. The average molecular weight is 203 g/mol. The molecule has 2 rings (SSSR count). The molecule has 0 aliphatic rings. The van der Waals surface area contributed by atoms with Crippen LogP contribution in [0.2, 0.25) is 0 Å². The number of hydrogen-bond donors (Lipinski definition) is 1. The lowest BCUT2D eigenvalue weighted by Gasteiger charge is -2.08. The van der Waals surface area contributed by atoms with Crippen LogP contribution in [0.5, 0.6) is 0 Å². The van der Waals surface area contributed by atoms with Crippen LogP contribution in [0, 0.1) is 6.92 Å². The zero-order valence-corrected chi connectivity index (χ0v) is 9.19. The van der Waals surface area contributed by atoms with Gasteiger partial charge < -0.3 is 4.72 Å². The molecule has 0 heterocycles. The first kappa shape index (κ1) is 9.41. The van der Waals surface area contributed by atoms with Crippen molar-refractivity contribution in [2.75, 3.05) is 11.0 Å². The molecule has 0 saturated carbocycles. The summed E-state index contributed by atoms with van der Waals surface area (Å²) in [5, 5.41) is 2.62. The topological polar surface area (TPSA) is 12.0 Å². The lowest BCUT2D eigenvalue weighted by Crippen LogP contribution is -1.87. The van der Waals surface area contributed by atoms with Crippen LogP contribution in [0.3, 0.4) is 0 Å². The second kappa shape index (κ2) is 3.93. The molecule has 0 amide bonds. The van der Waals surface area contributed by atoms with E-state index in [0.29, 0.717) is 0 Å². The van der Waals surface area contributed by atoms with Crippen LogP contribution in [0.1, 0.15) is 5.56 Å². The Morgan fingerprint density at radius 2 is 1.71 bits per heavy atom. The Kier molecular flexibility index (Phi) is 2.64. The lowest BCUT2D eigenvalue weighted by molar-refractivity contribution is 1.53. The Hall–Kier alpha value is -1.15. The number of benzene rings is 2. The maximum Gasteiger partial charge on any atom is 0.0519 e. The Labute approximate surface area is 88.7 Å². The molecule has 0 aliphatic carbocycles. The first-order chi connectivity index (χ1) is 6.83. The summed E-state index contributed by atoms with van der Waals surface area (Å²) in [6.45, 7) is 2.14. The number of nitrogens with one attached hydrogen (secondary N) is 1. The van der Waals surface area contributed by atoms with E-state index < -0.39 is 0 Å². The van der Waals surface area contributed by atoms with Gasteiger partial charge in [-0.25, -0.2) is 0 Å². The third-order valence-electron chi connectivity index (χ3n) is 2.35. The molecule has 0 aromatic heterocycles. The van der Waals surface area contributed by atoms with Crippen molar-refractivity contribution >= 4 is 28.4 Å². The third-order valence-corrected chi connectivity index (χ3v) is 2.78. The van der Waals surface area contributed by atoms with Crippen molar-refractivity contribution < 1.29 is 0 Å². The van der Waals surface area contributed by atoms with E-state index >= 15 is 0 Å². The van der Waals surface area contributed by atoms with Crippen LogP contribution in [0.15, 0.2) is 36.4 Å². The molecule has 2 heteroatoms. The monoisotopic (exact) mass is 203 g/mol. The maximum atomic E-state index is 3.29. The summed E-state index contributed by atoms with van der Waals surface area (Å²) in [7, 11) is 0. The third kappa shape index (κ3) is 1.58. The second-order valence-corrected chi connectivity index (χ2v) is 3.89. The largest absolute Gasteiger partial charge is 0.329 e. The molecule has 72 valence electrons. The van der Waals surface area contributed by atoms with E-state index in [4.69, 9.17) is 0 Å². The van der Waals surface area contributed by atoms with Crippen LogP contribution in [0.4, 0.5) is 5.69 Å². The molecule has 1 N–H and O–H groups in total. The van der Waals surface area contributed by atoms with Gasteiger partial charge in [0.1, 0.15) is 0 Å². The Morgan fingerprint density at radius 1 is 1.00 bits per heavy atom. The van der Waals surface area contributed by atoms with Crippen molar-refractivity contribution in [1.82, 2.24) is 0 Å². The Morgan fingerprint density at radius 3 is 2.43 bits per heavy atom. The fraction of sp³-hybridized carbons (Fsp3) is 0.167. The molecule has 0 aliphatic heterocycles. The second-order valence-electron chi connectivity index (χ2n) is 3.28. The molecule has 0 saturated heterocycles. The smallest absolute Gasteiger partial charge is 0.0519 e. The highest BCUT2D eigenvalue weighted by atomic mass is 32.2. The highest BCUT2D eigenvalue weighted by Crippen LogP contribution is 2.27. The van der Waals surface area contributed by atoms with Crippen LogP contribution in [-0.4, -0.2) is 6.26 Å². The van der Waals surface area contributed by atoms with Crippen molar-refractivity contribution in [2.45, 2.75) is 6.92 Å². The first-order valence-electron chi connectivity index (χ1n) is 4.60. The van der Waals surface area contributed by atoms with Gasteiger partial charge in [0.05, 0.1) is 5.69 Å². The standard InChI is InChI=1S/C12H13NS/c1-9-7-8-12(13-14-2)11-6-4-3-5-10(9)11/h3-8,13H,1-2H3. The fourth-order valence-electron chi connectivity index (χ4n) is 1.65. The van der Waals surface area contributed by atoms with Crippen LogP contribution >= 0.6 is 11.9 Å². The summed E-state index contributed by atoms with van der Waals surface area (Å²) in [5.74, 6) is 0. The van der Waals surface area contributed by atoms with Crippen molar-refractivity contribution in [3.05, 3.63) is 42.0 Å². The summed E-state index contributed by atoms with van der Waals surface area (Å²) < 4.78 is 3.29. The summed E-state index contributed by atoms with van der Waals surface area (Å²) in [6.07, 6.45) is 2.04. The quantitative estimate of drug-likeness (QED) is 0.744. The minimum atomic E-state index is 1.19. The molecule has 0 atom stereocenters. The SMILES string of the molecule is CSNc1ccc(C)c2ccccc12. The molecule has 2 aromatic rings. The van der Waals surface area contributed by atoms with Gasteiger partial charge in [0, 0.05) is 11.6 Å². The lowest BCUT2D eigenvalue weighted by atomic mass is 10.0. The molecule has 0 radical (unpaired) electrons. The predicted molar refractivity (Wildman–Crippen MR) is 65.8 cm³/mol. The maximum absolute atomic E-state index is 3.29. The molecule has 14 heavy (non-hydrogen) atoms. The van der Waals surface area contributed by atoms with Gasteiger partial charge in [-0.1, -0.05) is 42.3 Å². The molecule has 2 aromatic carbocycles. The van der Waals surface area contributed by atoms with Crippen LogP contribution in [0.25, 0.3) is 10.8 Å². The Bertz CT molecular complexity index is 451. The average Bonchev–Trinajstić information content (AvgIpc) is 2.23. The zero-order valence-electron chi connectivity index (χ0n) is 8.37. The van der Waals surface area contributed by atoms with Crippen molar-refractivity contribution in [3.8, 4) is 0 Å². The number of anilines is 1. The first-order valence-corrected chi connectivity index (χ1v) is 5.83. The summed E-state index contributed by atoms with van der Waals surface area (Å²) >= 11 is 1.63. The predicted octanol–water partition coefficient (Wildman–Crippen LogP) is 3.84. The highest BCUT2D eigenvalue weighted by Gasteiger charge is 2.01. The van der Waals surface area contributed by atoms with Gasteiger partial charge in [-0.15, -0.1) is 0 Å². The minimum absolute atomic E-state index is 1.19. The zero-order chi connectivity index (χ0) is 9.97. The van der Waals surface area contributed by atoms with Crippen molar-refractivity contribution in [2.24, 2.45) is 0 Å².